The molecule has 3 heterocycles. The number of hydrogen-bond acceptors (Lipinski definition) is 8. The smallest absolute Gasteiger partial charge is 0.169 e. The fraction of sp³-hybridized carbons (Fsp3) is 0.667. The standard InChI is InChI=1S/C24H29N3O3S2/c1-27-9-8-23-18-14-4-5-16(28-2)19(18)30-20(23)24(29-3)7-6-22(23,17(27)10-14)11-15(24)12-31-21-25-13-26-32-21/h4-5,13,15,17,20H,6-12H2,1-3H3/t15-,17-,20-,22?,23?,24?/m1/s1. The summed E-state index contributed by atoms with van der Waals surface area (Å²) >= 11 is 3.32. The maximum atomic E-state index is 7.02. The van der Waals surface area contributed by atoms with Crippen molar-refractivity contribution < 1.29 is 14.2 Å². The van der Waals surface area contributed by atoms with Crippen LogP contribution in [0.1, 0.15) is 36.8 Å². The number of likely N-dealkylation sites (tertiary alicyclic amines) is 1. The van der Waals surface area contributed by atoms with E-state index in [0.29, 0.717) is 12.0 Å². The Bertz CT molecular complexity index is 1080. The van der Waals surface area contributed by atoms with Crippen molar-refractivity contribution in [3.63, 3.8) is 0 Å². The molecule has 8 heteroatoms. The predicted molar refractivity (Wildman–Crippen MR) is 124 cm³/mol. The molecular formula is C24H29N3O3S2. The SMILES string of the molecule is COc1ccc2c3c1O[C@H]1C4(OC)CCC5(C[C@@H]4CSc4ncns4)[C@@H](C2)N(C)CCC315. The van der Waals surface area contributed by atoms with E-state index in [1.54, 1.807) is 13.4 Å². The fourth-order valence-corrected chi connectivity index (χ4v) is 10.3. The molecule has 2 aromatic rings. The molecule has 32 heavy (non-hydrogen) atoms. The lowest BCUT2D eigenvalue weighted by Crippen LogP contribution is -2.80. The second kappa shape index (κ2) is 6.62. The number of nitrogens with zero attached hydrogens (tertiary/aromatic N) is 3. The molecule has 6 atom stereocenters. The van der Waals surface area contributed by atoms with E-state index in [2.05, 4.69) is 33.4 Å². The van der Waals surface area contributed by atoms with Crippen LogP contribution >= 0.6 is 23.3 Å². The molecule has 2 aliphatic heterocycles. The third kappa shape index (κ3) is 2.12. The Hall–Kier alpha value is -1.35. The summed E-state index contributed by atoms with van der Waals surface area (Å²) in [6.07, 6.45) is 7.42. The van der Waals surface area contributed by atoms with Crippen LogP contribution in [-0.2, 0) is 16.6 Å². The van der Waals surface area contributed by atoms with Crippen LogP contribution in [0.4, 0.5) is 0 Å². The highest BCUT2D eigenvalue weighted by atomic mass is 32.2. The first-order chi connectivity index (χ1) is 15.6. The number of fused-ring (bicyclic) bond motifs is 2. The molecule has 4 bridgehead atoms. The van der Waals surface area contributed by atoms with Gasteiger partial charge in [0.05, 0.1) is 7.11 Å². The first-order valence-corrected chi connectivity index (χ1v) is 13.4. The van der Waals surface area contributed by atoms with Crippen LogP contribution in [-0.4, -0.2) is 65.6 Å². The molecular weight excluding hydrogens is 442 g/mol. The molecule has 3 saturated carbocycles. The number of benzene rings is 1. The van der Waals surface area contributed by atoms with Crippen LogP contribution in [0.2, 0.25) is 0 Å². The molecule has 1 aromatic heterocycles. The minimum atomic E-state index is -0.279. The van der Waals surface area contributed by atoms with E-state index in [0.717, 1.165) is 47.4 Å². The van der Waals surface area contributed by atoms with Gasteiger partial charge in [-0.25, -0.2) is 4.98 Å². The Kier molecular flexibility index (Phi) is 4.15. The van der Waals surface area contributed by atoms with Gasteiger partial charge in [-0.2, -0.15) is 4.37 Å². The zero-order valence-corrected chi connectivity index (χ0v) is 20.4. The van der Waals surface area contributed by atoms with Crippen molar-refractivity contribution in [2.24, 2.45) is 11.3 Å². The molecule has 4 fully saturated rings. The Labute approximate surface area is 197 Å². The molecule has 3 unspecified atom stereocenters. The van der Waals surface area contributed by atoms with Gasteiger partial charge in [0.15, 0.2) is 15.8 Å². The van der Waals surface area contributed by atoms with Crippen molar-refractivity contribution in [2.75, 3.05) is 33.6 Å². The van der Waals surface area contributed by atoms with Crippen molar-refractivity contribution in [3.8, 4) is 11.5 Å². The summed E-state index contributed by atoms with van der Waals surface area (Å²) in [5, 5.41) is 0. The number of ether oxygens (including phenoxy) is 3. The average molecular weight is 472 g/mol. The molecule has 2 spiro atoms. The van der Waals surface area contributed by atoms with E-state index in [-0.39, 0.29) is 22.5 Å². The molecule has 8 rings (SSSR count). The summed E-state index contributed by atoms with van der Waals surface area (Å²) in [6, 6.07) is 4.97. The maximum absolute atomic E-state index is 7.02. The van der Waals surface area contributed by atoms with E-state index >= 15 is 0 Å². The maximum Gasteiger partial charge on any atom is 0.169 e. The van der Waals surface area contributed by atoms with Gasteiger partial charge in [-0.05, 0) is 68.9 Å². The van der Waals surface area contributed by atoms with Crippen LogP contribution in [0.5, 0.6) is 11.5 Å². The average Bonchev–Trinajstić information content (AvgIpc) is 3.46. The van der Waals surface area contributed by atoms with E-state index in [1.165, 1.54) is 35.5 Å². The molecule has 0 amide bonds. The summed E-state index contributed by atoms with van der Waals surface area (Å²) in [7, 11) is 6.01. The monoisotopic (exact) mass is 471 g/mol. The number of thioether (sulfide) groups is 1. The van der Waals surface area contributed by atoms with Crippen LogP contribution in [0.15, 0.2) is 22.8 Å². The second-order valence-electron chi connectivity index (χ2n) is 10.3. The van der Waals surface area contributed by atoms with Gasteiger partial charge in [0.2, 0.25) is 0 Å². The molecule has 1 aromatic carbocycles. The van der Waals surface area contributed by atoms with Gasteiger partial charge in [0.25, 0.3) is 0 Å². The Balaban J connectivity index is 1.41. The highest BCUT2D eigenvalue weighted by Crippen LogP contribution is 2.76. The summed E-state index contributed by atoms with van der Waals surface area (Å²) < 4.78 is 24.6. The minimum absolute atomic E-state index is 0.0276. The van der Waals surface area contributed by atoms with E-state index < -0.39 is 0 Å². The van der Waals surface area contributed by atoms with Gasteiger partial charge in [-0.15, -0.1) is 0 Å². The second-order valence-corrected chi connectivity index (χ2v) is 12.3. The van der Waals surface area contributed by atoms with Crippen molar-refractivity contribution in [3.05, 3.63) is 29.6 Å². The molecule has 6 aliphatic rings. The molecule has 4 aliphatic carbocycles. The van der Waals surface area contributed by atoms with E-state index in [4.69, 9.17) is 14.2 Å². The van der Waals surface area contributed by atoms with Crippen LogP contribution in [0, 0.1) is 11.3 Å². The minimum Gasteiger partial charge on any atom is -0.493 e. The summed E-state index contributed by atoms with van der Waals surface area (Å²) in [6.45, 7) is 1.12. The quantitative estimate of drug-likeness (QED) is 0.615. The molecule has 0 radical (unpaired) electrons. The lowest BCUT2D eigenvalue weighted by Gasteiger charge is -2.73. The van der Waals surface area contributed by atoms with E-state index in [9.17, 15) is 0 Å². The molecule has 1 saturated heterocycles. The summed E-state index contributed by atoms with van der Waals surface area (Å²) in [5.41, 5.74) is 2.90. The highest BCUT2D eigenvalue weighted by Gasteiger charge is 2.80. The lowest BCUT2D eigenvalue weighted by molar-refractivity contribution is -0.271. The number of piperidine rings is 1. The highest BCUT2D eigenvalue weighted by molar-refractivity contribution is 8.00. The van der Waals surface area contributed by atoms with Crippen LogP contribution < -0.4 is 9.47 Å². The predicted octanol–water partition coefficient (Wildman–Crippen LogP) is 3.78. The number of rotatable bonds is 5. The van der Waals surface area contributed by atoms with E-state index in [1.807, 2.05) is 18.9 Å². The summed E-state index contributed by atoms with van der Waals surface area (Å²) in [4.78, 5) is 7.07. The number of aromatic nitrogens is 2. The molecule has 170 valence electrons. The Morgan fingerprint density at radius 2 is 2.19 bits per heavy atom. The molecule has 0 N–H and O–H groups in total. The number of hydrogen-bond donors (Lipinski definition) is 0. The number of likely N-dealkylation sites (N-methyl/N-ethyl adjacent to an activating group) is 1. The van der Waals surface area contributed by atoms with Gasteiger partial charge in [-0.1, -0.05) is 17.8 Å². The van der Waals surface area contributed by atoms with Crippen LogP contribution in [0.3, 0.4) is 0 Å². The third-order valence-corrected chi connectivity index (χ3v) is 11.7. The molecule has 6 nitrogen and oxygen atoms in total. The zero-order valence-electron chi connectivity index (χ0n) is 18.8. The fourth-order valence-electron chi connectivity index (χ4n) is 8.57. The first kappa shape index (κ1) is 20.1. The van der Waals surface area contributed by atoms with Crippen molar-refractivity contribution >= 4 is 23.3 Å². The topological polar surface area (TPSA) is 56.7 Å². The first-order valence-electron chi connectivity index (χ1n) is 11.6. The van der Waals surface area contributed by atoms with Gasteiger partial charge >= 0.3 is 0 Å². The van der Waals surface area contributed by atoms with Crippen LogP contribution in [0.25, 0.3) is 0 Å². The third-order valence-electron chi connectivity index (χ3n) is 9.72. The van der Waals surface area contributed by atoms with Crippen molar-refractivity contribution in [1.82, 2.24) is 14.3 Å². The van der Waals surface area contributed by atoms with Gasteiger partial charge in [0, 0.05) is 41.2 Å². The Morgan fingerprint density at radius 1 is 1.28 bits per heavy atom. The number of methoxy groups -OCH3 is 2. The van der Waals surface area contributed by atoms with Gasteiger partial charge in [0.1, 0.15) is 18.0 Å². The zero-order chi connectivity index (χ0) is 21.7. The van der Waals surface area contributed by atoms with Crippen molar-refractivity contribution in [2.45, 2.75) is 59.6 Å². The summed E-state index contributed by atoms with van der Waals surface area (Å²) in [5.74, 6) is 3.30. The van der Waals surface area contributed by atoms with Crippen molar-refractivity contribution in [1.29, 1.82) is 0 Å². The lowest BCUT2D eigenvalue weighted by atomic mass is 9.35. The Morgan fingerprint density at radius 3 is 2.97 bits per heavy atom. The van der Waals surface area contributed by atoms with Gasteiger partial charge < -0.3 is 19.1 Å². The largest absolute Gasteiger partial charge is 0.493 e. The normalized spacial score (nSPS) is 40.8. The van der Waals surface area contributed by atoms with Gasteiger partial charge in [-0.3, -0.25) is 0 Å².